The van der Waals surface area contributed by atoms with Crippen molar-refractivity contribution in [1.82, 2.24) is 10.2 Å². The Morgan fingerprint density at radius 1 is 1.18 bits per heavy atom. The predicted molar refractivity (Wildman–Crippen MR) is 81.2 cm³/mol. The molecule has 2 N–H and O–H groups in total. The molecule has 1 aliphatic heterocycles. The number of likely N-dealkylation sites (tertiary alicyclic amines) is 1. The number of nitrogens with one attached hydrogen (secondary N) is 1. The maximum absolute atomic E-state index is 12.5. The van der Waals surface area contributed by atoms with Crippen LogP contribution < -0.4 is 5.32 Å². The van der Waals surface area contributed by atoms with Gasteiger partial charge < -0.3 is 15.3 Å². The minimum atomic E-state index is -1.10. The fraction of sp³-hybridized carbons (Fsp3) is 0.812. The molecule has 2 aliphatic rings. The number of piperidine rings is 1. The molecule has 2 amide bonds. The number of hydrogen-bond donors (Lipinski definition) is 2. The van der Waals surface area contributed by atoms with Crippen LogP contribution in [0, 0.1) is 5.92 Å². The summed E-state index contributed by atoms with van der Waals surface area (Å²) in [5, 5.41) is 12.3. The van der Waals surface area contributed by atoms with Crippen molar-refractivity contribution >= 4 is 17.8 Å². The highest BCUT2D eigenvalue weighted by Crippen LogP contribution is 2.29. The third kappa shape index (κ3) is 3.59. The van der Waals surface area contributed by atoms with E-state index in [1.54, 1.807) is 4.90 Å². The summed E-state index contributed by atoms with van der Waals surface area (Å²) < 4.78 is 0. The Balaban J connectivity index is 2.01. The summed E-state index contributed by atoms with van der Waals surface area (Å²) in [7, 11) is 0. The fourth-order valence-corrected chi connectivity index (χ4v) is 3.53. The molecule has 0 bridgehead atoms. The predicted octanol–water partition coefficient (Wildman–Crippen LogP) is 1.54. The molecule has 6 nitrogen and oxygen atoms in total. The Labute approximate surface area is 131 Å². The van der Waals surface area contributed by atoms with Crippen LogP contribution in [0.15, 0.2) is 0 Å². The van der Waals surface area contributed by atoms with Crippen LogP contribution in [0.4, 0.5) is 0 Å². The molecule has 0 aromatic heterocycles. The van der Waals surface area contributed by atoms with E-state index < -0.39 is 11.5 Å². The third-order valence-electron chi connectivity index (χ3n) is 4.93. The first kappa shape index (κ1) is 16.8. The second kappa shape index (κ2) is 7.11. The lowest BCUT2D eigenvalue weighted by atomic mass is 9.81. The molecular weight excluding hydrogens is 284 g/mol. The maximum atomic E-state index is 12.5. The second-order valence-electron chi connectivity index (χ2n) is 6.47. The highest BCUT2D eigenvalue weighted by Gasteiger charge is 2.42. The van der Waals surface area contributed by atoms with Gasteiger partial charge in [0, 0.05) is 19.5 Å². The van der Waals surface area contributed by atoms with Gasteiger partial charge in [0.1, 0.15) is 5.54 Å². The maximum Gasteiger partial charge on any atom is 0.329 e. The molecule has 124 valence electrons. The average molecular weight is 310 g/mol. The van der Waals surface area contributed by atoms with Crippen LogP contribution >= 0.6 is 0 Å². The molecule has 1 aliphatic carbocycles. The van der Waals surface area contributed by atoms with Crippen molar-refractivity contribution in [3.63, 3.8) is 0 Å². The standard InChI is InChI=1S/C16H26N2O4/c1-2-13(19)18-10-6-7-12(11-18)14(20)17-16(15(21)22)8-4-3-5-9-16/h12H,2-11H2,1H3,(H,17,20)(H,21,22)/t12-/m1/s1. The molecule has 1 saturated heterocycles. The van der Waals surface area contributed by atoms with Gasteiger partial charge in [0.05, 0.1) is 5.92 Å². The van der Waals surface area contributed by atoms with Gasteiger partial charge in [-0.05, 0) is 25.7 Å². The number of carbonyl (C=O) groups excluding carboxylic acids is 2. The van der Waals surface area contributed by atoms with Gasteiger partial charge in [-0.3, -0.25) is 9.59 Å². The van der Waals surface area contributed by atoms with Crippen molar-refractivity contribution in [2.45, 2.75) is 63.8 Å². The summed E-state index contributed by atoms with van der Waals surface area (Å²) in [6.45, 7) is 2.92. The molecule has 6 heteroatoms. The Kier molecular flexibility index (Phi) is 5.42. The number of rotatable bonds is 4. The van der Waals surface area contributed by atoms with Gasteiger partial charge in [-0.15, -0.1) is 0 Å². The molecule has 1 saturated carbocycles. The molecular formula is C16H26N2O4. The summed E-state index contributed by atoms with van der Waals surface area (Å²) in [5.41, 5.74) is -1.10. The summed E-state index contributed by atoms with van der Waals surface area (Å²) in [6.07, 6.45) is 5.63. The molecule has 0 aromatic rings. The zero-order valence-corrected chi connectivity index (χ0v) is 13.3. The lowest BCUT2D eigenvalue weighted by Crippen LogP contribution is -2.58. The number of amides is 2. The molecule has 2 rings (SSSR count). The van der Waals surface area contributed by atoms with Crippen LogP contribution in [0.25, 0.3) is 0 Å². The van der Waals surface area contributed by atoms with E-state index >= 15 is 0 Å². The fourth-order valence-electron chi connectivity index (χ4n) is 3.53. The summed E-state index contributed by atoms with van der Waals surface area (Å²) in [4.78, 5) is 37.7. The monoisotopic (exact) mass is 310 g/mol. The SMILES string of the molecule is CCC(=O)N1CCC[C@@H](C(=O)NC2(C(=O)O)CCCCC2)C1. The molecule has 2 fully saturated rings. The Hall–Kier alpha value is -1.59. The Bertz CT molecular complexity index is 443. The number of nitrogens with zero attached hydrogens (tertiary/aromatic N) is 1. The van der Waals surface area contributed by atoms with Crippen LogP contribution in [-0.4, -0.2) is 46.4 Å². The van der Waals surface area contributed by atoms with Gasteiger partial charge in [0.15, 0.2) is 0 Å². The third-order valence-corrected chi connectivity index (χ3v) is 4.93. The van der Waals surface area contributed by atoms with Gasteiger partial charge >= 0.3 is 5.97 Å². The average Bonchev–Trinajstić information content (AvgIpc) is 2.55. The zero-order valence-electron chi connectivity index (χ0n) is 13.3. The van der Waals surface area contributed by atoms with Gasteiger partial charge in [0.25, 0.3) is 0 Å². The second-order valence-corrected chi connectivity index (χ2v) is 6.47. The van der Waals surface area contributed by atoms with Gasteiger partial charge in [-0.1, -0.05) is 26.2 Å². The van der Waals surface area contributed by atoms with Crippen LogP contribution in [0.2, 0.25) is 0 Å². The van der Waals surface area contributed by atoms with Crippen LogP contribution in [0.1, 0.15) is 58.3 Å². The summed E-state index contributed by atoms with van der Waals surface area (Å²) >= 11 is 0. The van der Waals surface area contributed by atoms with E-state index in [0.29, 0.717) is 32.4 Å². The first-order chi connectivity index (χ1) is 10.5. The molecule has 0 aromatic carbocycles. The van der Waals surface area contributed by atoms with Gasteiger partial charge in [-0.25, -0.2) is 4.79 Å². The molecule has 1 heterocycles. The van der Waals surface area contributed by atoms with Crippen LogP contribution in [0.3, 0.4) is 0 Å². The van der Waals surface area contributed by atoms with Crippen molar-refractivity contribution in [2.75, 3.05) is 13.1 Å². The lowest BCUT2D eigenvalue weighted by Gasteiger charge is -2.37. The Morgan fingerprint density at radius 2 is 1.86 bits per heavy atom. The molecule has 0 unspecified atom stereocenters. The lowest BCUT2D eigenvalue weighted by molar-refractivity contribution is -0.150. The largest absolute Gasteiger partial charge is 0.480 e. The Morgan fingerprint density at radius 3 is 2.45 bits per heavy atom. The summed E-state index contributed by atoms with van der Waals surface area (Å²) in [5.74, 6) is -1.37. The van der Waals surface area contributed by atoms with E-state index in [-0.39, 0.29) is 17.7 Å². The normalized spacial score (nSPS) is 24.6. The first-order valence-corrected chi connectivity index (χ1v) is 8.31. The number of hydrogen-bond acceptors (Lipinski definition) is 3. The first-order valence-electron chi connectivity index (χ1n) is 8.31. The van der Waals surface area contributed by atoms with Crippen LogP contribution in [-0.2, 0) is 14.4 Å². The van der Waals surface area contributed by atoms with E-state index in [0.717, 1.165) is 32.1 Å². The van der Waals surface area contributed by atoms with Gasteiger partial charge in [0.2, 0.25) is 11.8 Å². The molecule has 0 spiro atoms. The van der Waals surface area contributed by atoms with E-state index in [1.165, 1.54) is 0 Å². The van der Waals surface area contributed by atoms with Crippen molar-refractivity contribution in [2.24, 2.45) is 5.92 Å². The highest BCUT2D eigenvalue weighted by atomic mass is 16.4. The minimum absolute atomic E-state index is 0.0584. The number of carboxylic acid groups (broad SMARTS) is 1. The smallest absolute Gasteiger partial charge is 0.329 e. The van der Waals surface area contributed by atoms with Crippen LogP contribution in [0.5, 0.6) is 0 Å². The number of aliphatic carboxylic acids is 1. The number of carboxylic acids is 1. The minimum Gasteiger partial charge on any atom is -0.480 e. The van der Waals surface area contributed by atoms with Crippen molar-refractivity contribution in [3.05, 3.63) is 0 Å². The van der Waals surface area contributed by atoms with E-state index in [4.69, 9.17) is 0 Å². The van der Waals surface area contributed by atoms with Crippen molar-refractivity contribution in [3.8, 4) is 0 Å². The molecule has 1 atom stereocenters. The van der Waals surface area contributed by atoms with E-state index in [1.807, 2.05) is 6.92 Å². The quantitative estimate of drug-likeness (QED) is 0.824. The zero-order chi connectivity index (χ0) is 16.2. The topological polar surface area (TPSA) is 86.7 Å². The molecule has 22 heavy (non-hydrogen) atoms. The van der Waals surface area contributed by atoms with Crippen molar-refractivity contribution < 1.29 is 19.5 Å². The van der Waals surface area contributed by atoms with Crippen molar-refractivity contribution in [1.29, 1.82) is 0 Å². The van der Waals surface area contributed by atoms with E-state index in [2.05, 4.69) is 5.32 Å². The molecule has 0 radical (unpaired) electrons. The summed E-state index contributed by atoms with van der Waals surface area (Å²) in [6, 6.07) is 0. The van der Waals surface area contributed by atoms with E-state index in [9.17, 15) is 19.5 Å². The highest BCUT2D eigenvalue weighted by molar-refractivity contribution is 5.88. The van der Waals surface area contributed by atoms with Gasteiger partial charge in [-0.2, -0.15) is 0 Å². The number of carbonyl (C=O) groups is 3.